The largest absolute Gasteiger partial charge is 0.411 e. The predicted molar refractivity (Wildman–Crippen MR) is 73.3 cm³/mol. The normalized spacial score (nSPS) is 12.5. The second-order valence-corrected chi connectivity index (χ2v) is 6.60. The van der Waals surface area contributed by atoms with Gasteiger partial charge in [0.25, 0.3) is 0 Å². The van der Waals surface area contributed by atoms with Crippen LogP contribution in [0, 0.1) is 0 Å². The Balaban J connectivity index is 2.29. The summed E-state index contributed by atoms with van der Waals surface area (Å²) < 4.78 is 24.3. The maximum absolute atomic E-state index is 12.2. The molecule has 100 valence electrons. The molecule has 0 aliphatic rings. The Hall–Kier alpha value is -1.93. The van der Waals surface area contributed by atoms with Crippen molar-refractivity contribution in [1.82, 2.24) is 4.98 Å². The summed E-state index contributed by atoms with van der Waals surface area (Å²) in [5.74, 6) is -0.416. The third-order valence-corrected chi connectivity index (χ3v) is 4.83. The van der Waals surface area contributed by atoms with Gasteiger partial charge in [-0.15, -0.1) is 11.3 Å². The molecule has 0 aliphatic carbocycles. The Kier molecular flexibility index (Phi) is 3.82. The zero-order valence-corrected chi connectivity index (χ0v) is 11.4. The van der Waals surface area contributed by atoms with E-state index in [0.717, 1.165) is 0 Å². The number of sulfone groups is 1. The molecule has 0 unspecified atom stereocenters. The fourth-order valence-electron chi connectivity index (χ4n) is 1.44. The smallest absolute Gasteiger partial charge is 0.184 e. The predicted octanol–water partition coefficient (Wildman–Crippen LogP) is 1.38. The van der Waals surface area contributed by atoms with Gasteiger partial charge in [-0.3, -0.25) is 0 Å². The van der Waals surface area contributed by atoms with Gasteiger partial charge in [0.05, 0.1) is 4.90 Å². The van der Waals surface area contributed by atoms with Crippen molar-refractivity contribution in [2.24, 2.45) is 5.16 Å². The van der Waals surface area contributed by atoms with E-state index in [0.29, 0.717) is 10.7 Å². The van der Waals surface area contributed by atoms with E-state index in [4.69, 9.17) is 10.9 Å². The molecule has 0 atom stereocenters. The summed E-state index contributed by atoms with van der Waals surface area (Å²) in [6.45, 7) is 0. The number of nitrogen functional groups attached to an aromatic ring is 1. The van der Waals surface area contributed by atoms with E-state index in [1.165, 1.54) is 41.8 Å². The van der Waals surface area contributed by atoms with Gasteiger partial charge in [-0.2, -0.15) is 0 Å². The molecule has 2 rings (SSSR count). The zero-order chi connectivity index (χ0) is 13.9. The van der Waals surface area contributed by atoms with Crippen molar-refractivity contribution in [2.45, 2.75) is 4.90 Å². The van der Waals surface area contributed by atoms with Crippen molar-refractivity contribution in [1.29, 1.82) is 0 Å². The van der Waals surface area contributed by atoms with Crippen molar-refractivity contribution < 1.29 is 13.6 Å². The number of aromatic nitrogens is 1. The molecule has 0 amide bonds. The molecule has 6 nitrogen and oxygen atoms in total. The monoisotopic (exact) mass is 297 g/mol. The van der Waals surface area contributed by atoms with Crippen LogP contribution in [0.2, 0.25) is 0 Å². The second-order valence-electron chi connectivity index (χ2n) is 3.71. The molecule has 2 aromatic rings. The topological polar surface area (TPSA) is 106 Å². The SMILES string of the molecule is Nc1ccc(S(=O)(=O)C/C(=N/O)c2nccs2)cc1. The minimum absolute atomic E-state index is 0.0202. The number of anilines is 1. The van der Waals surface area contributed by atoms with E-state index in [9.17, 15) is 8.42 Å². The molecule has 0 saturated heterocycles. The first-order chi connectivity index (χ1) is 9.03. The van der Waals surface area contributed by atoms with E-state index in [1.807, 2.05) is 0 Å². The number of rotatable bonds is 4. The van der Waals surface area contributed by atoms with Crippen LogP contribution in [0.25, 0.3) is 0 Å². The third-order valence-electron chi connectivity index (χ3n) is 2.37. The molecule has 1 aromatic carbocycles. The van der Waals surface area contributed by atoms with Gasteiger partial charge in [0, 0.05) is 17.3 Å². The maximum Gasteiger partial charge on any atom is 0.184 e. The highest BCUT2D eigenvalue weighted by atomic mass is 32.2. The Labute approximate surface area is 114 Å². The Morgan fingerprint density at radius 2 is 2.05 bits per heavy atom. The van der Waals surface area contributed by atoms with Crippen LogP contribution in [0.4, 0.5) is 5.69 Å². The van der Waals surface area contributed by atoms with Crippen molar-refractivity contribution in [3.05, 3.63) is 40.8 Å². The molecule has 3 N–H and O–H groups in total. The van der Waals surface area contributed by atoms with Crippen LogP contribution in [0.15, 0.2) is 45.9 Å². The molecule has 0 radical (unpaired) electrons. The molecular formula is C11H11N3O3S2. The summed E-state index contributed by atoms with van der Waals surface area (Å²) in [5, 5.41) is 14.0. The van der Waals surface area contributed by atoms with E-state index in [2.05, 4.69) is 10.1 Å². The van der Waals surface area contributed by atoms with Gasteiger partial charge in [-0.25, -0.2) is 13.4 Å². The summed E-state index contributed by atoms with van der Waals surface area (Å²) in [5.41, 5.74) is 6.01. The molecule has 0 bridgehead atoms. The van der Waals surface area contributed by atoms with Gasteiger partial charge < -0.3 is 10.9 Å². The molecule has 0 aliphatic heterocycles. The van der Waals surface area contributed by atoms with Crippen molar-refractivity contribution in [3.63, 3.8) is 0 Å². The highest BCUT2D eigenvalue weighted by molar-refractivity contribution is 7.92. The van der Waals surface area contributed by atoms with Crippen LogP contribution in [0.1, 0.15) is 5.01 Å². The molecule has 0 saturated carbocycles. The average Bonchev–Trinajstić information content (AvgIpc) is 2.90. The number of nitrogens with zero attached hydrogens (tertiary/aromatic N) is 2. The van der Waals surface area contributed by atoms with E-state index in [1.54, 1.807) is 5.38 Å². The molecule has 1 heterocycles. The lowest BCUT2D eigenvalue weighted by Gasteiger charge is -2.04. The number of nitrogens with two attached hydrogens (primary N) is 1. The summed E-state index contributed by atoms with van der Waals surface area (Å²) in [7, 11) is -3.59. The lowest BCUT2D eigenvalue weighted by molar-refractivity contribution is 0.319. The minimum Gasteiger partial charge on any atom is -0.411 e. The van der Waals surface area contributed by atoms with Gasteiger partial charge >= 0.3 is 0 Å². The van der Waals surface area contributed by atoms with E-state index < -0.39 is 15.6 Å². The number of hydrogen-bond acceptors (Lipinski definition) is 7. The number of thiazole rings is 1. The van der Waals surface area contributed by atoms with Crippen molar-refractivity contribution >= 4 is 32.6 Å². The second kappa shape index (κ2) is 5.37. The average molecular weight is 297 g/mol. The van der Waals surface area contributed by atoms with Crippen LogP contribution in [0.3, 0.4) is 0 Å². The van der Waals surface area contributed by atoms with Crippen LogP contribution in [-0.4, -0.2) is 30.1 Å². The number of benzene rings is 1. The molecule has 1 aromatic heterocycles. The van der Waals surface area contributed by atoms with Crippen LogP contribution in [0.5, 0.6) is 0 Å². The summed E-state index contributed by atoms with van der Waals surface area (Å²) in [6.07, 6.45) is 1.51. The van der Waals surface area contributed by atoms with E-state index >= 15 is 0 Å². The lowest BCUT2D eigenvalue weighted by atomic mass is 10.3. The van der Waals surface area contributed by atoms with Crippen molar-refractivity contribution in [3.8, 4) is 0 Å². The number of hydrogen-bond donors (Lipinski definition) is 2. The standard InChI is InChI=1S/C11H11N3O3S2/c12-8-1-3-9(4-2-8)19(16,17)7-10(14-15)11-13-5-6-18-11/h1-6,15H,7,12H2/b14-10-. The van der Waals surface area contributed by atoms with Gasteiger partial charge in [0.15, 0.2) is 9.84 Å². The summed E-state index contributed by atoms with van der Waals surface area (Å²) in [4.78, 5) is 4.05. The quantitative estimate of drug-likeness (QED) is 0.384. The van der Waals surface area contributed by atoms with Gasteiger partial charge in [0.2, 0.25) is 0 Å². The third kappa shape index (κ3) is 3.09. The number of oxime groups is 1. The zero-order valence-electron chi connectivity index (χ0n) is 9.72. The Morgan fingerprint density at radius 3 is 2.58 bits per heavy atom. The first-order valence-electron chi connectivity index (χ1n) is 5.22. The fourth-order valence-corrected chi connectivity index (χ4v) is 3.42. The van der Waals surface area contributed by atoms with Gasteiger partial charge in [-0.05, 0) is 24.3 Å². The van der Waals surface area contributed by atoms with Crippen LogP contribution >= 0.6 is 11.3 Å². The lowest BCUT2D eigenvalue weighted by Crippen LogP contribution is -2.17. The first-order valence-corrected chi connectivity index (χ1v) is 7.75. The maximum atomic E-state index is 12.2. The highest BCUT2D eigenvalue weighted by Gasteiger charge is 2.20. The first kappa shape index (κ1) is 13.5. The Bertz CT molecular complexity index is 676. The minimum atomic E-state index is -3.59. The fraction of sp³-hybridized carbons (Fsp3) is 0.0909. The molecule has 0 fully saturated rings. The van der Waals surface area contributed by atoms with Crippen LogP contribution < -0.4 is 5.73 Å². The molecular weight excluding hydrogens is 286 g/mol. The van der Waals surface area contributed by atoms with Gasteiger partial charge in [-0.1, -0.05) is 5.16 Å². The molecule has 8 heteroatoms. The summed E-state index contributed by atoms with van der Waals surface area (Å²) in [6, 6.07) is 5.85. The summed E-state index contributed by atoms with van der Waals surface area (Å²) >= 11 is 1.21. The molecule has 0 spiro atoms. The van der Waals surface area contributed by atoms with Gasteiger partial charge in [0.1, 0.15) is 16.5 Å². The highest BCUT2D eigenvalue weighted by Crippen LogP contribution is 2.16. The van der Waals surface area contributed by atoms with E-state index in [-0.39, 0.29) is 10.6 Å². The molecule has 19 heavy (non-hydrogen) atoms. The Morgan fingerprint density at radius 1 is 1.37 bits per heavy atom. The van der Waals surface area contributed by atoms with Crippen molar-refractivity contribution in [2.75, 3.05) is 11.5 Å². The van der Waals surface area contributed by atoms with Crippen LogP contribution in [-0.2, 0) is 9.84 Å².